The van der Waals surface area contributed by atoms with E-state index in [1.807, 2.05) is 0 Å². The number of benzene rings is 1. The van der Waals surface area contributed by atoms with Crippen molar-refractivity contribution in [3.05, 3.63) is 35.9 Å². The minimum Gasteiger partial charge on any atom is -0.507 e. The van der Waals surface area contributed by atoms with Crippen LogP contribution >= 0.6 is 0 Å². The van der Waals surface area contributed by atoms with Crippen molar-refractivity contribution < 1.29 is 18.6 Å². The molecule has 10 heteroatoms. The zero-order valence-corrected chi connectivity index (χ0v) is 21.0. The van der Waals surface area contributed by atoms with Crippen molar-refractivity contribution in [1.29, 1.82) is 0 Å². The number of fused-ring (bicyclic) bond motifs is 1. The molecule has 3 aliphatic rings. The van der Waals surface area contributed by atoms with E-state index in [0.29, 0.717) is 24.4 Å². The van der Waals surface area contributed by atoms with Crippen LogP contribution in [0.3, 0.4) is 0 Å². The molecule has 0 amide bonds. The maximum absolute atomic E-state index is 15.4. The fraction of sp³-hybridized carbons (Fsp3) is 0.519. The molecule has 196 valence electrons. The lowest BCUT2D eigenvalue weighted by Crippen LogP contribution is -2.50. The molecule has 6 rings (SSSR count). The molecule has 1 aromatic carbocycles. The summed E-state index contributed by atoms with van der Waals surface area (Å²) in [7, 11) is 0. The molecule has 0 radical (unpaired) electrons. The molecule has 0 spiro atoms. The van der Waals surface area contributed by atoms with Crippen molar-refractivity contribution in [2.45, 2.75) is 38.6 Å². The first-order chi connectivity index (χ1) is 17.9. The van der Waals surface area contributed by atoms with Crippen LogP contribution in [0, 0.1) is 17.0 Å². The highest BCUT2D eigenvalue weighted by Gasteiger charge is 2.45. The summed E-state index contributed by atoms with van der Waals surface area (Å²) in [6, 6.07) is 5.42. The van der Waals surface area contributed by atoms with Gasteiger partial charge in [0.05, 0.1) is 17.6 Å². The fourth-order valence-corrected chi connectivity index (χ4v) is 5.51. The van der Waals surface area contributed by atoms with Crippen LogP contribution in [0.25, 0.3) is 22.3 Å². The first-order valence-electron chi connectivity index (χ1n) is 13.1. The van der Waals surface area contributed by atoms with Crippen LogP contribution in [-0.2, 0) is 0 Å². The van der Waals surface area contributed by atoms with Crippen LogP contribution in [0.4, 0.5) is 14.6 Å². The number of hydrogen-bond donors (Lipinski definition) is 2. The lowest BCUT2D eigenvalue weighted by molar-refractivity contribution is 0.170. The van der Waals surface area contributed by atoms with Gasteiger partial charge in [0.1, 0.15) is 23.1 Å². The number of likely N-dealkylation sites (tertiary alicyclic amines) is 1. The normalized spacial score (nSPS) is 21.5. The molecule has 3 fully saturated rings. The number of nitrogens with one attached hydrogen (secondary N) is 1. The van der Waals surface area contributed by atoms with Gasteiger partial charge in [-0.25, -0.2) is 13.8 Å². The Bertz CT molecular complexity index is 1290. The van der Waals surface area contributed by atoms with Gasteiger partial charge in [0.15, 0.2) is 11.5 Å². The number of aromatic hydroxyl groups is 1. The number of phenols is 1. The summed E-state index contributed by atoms with van der Waals surface area (Å²) in [5.41, 5.74) is -0.262. The lowest BCUT2D eigenvalue weighted by atomic mass is 10.1. The van der Waals surface area contributed by atoms with Gasteiger partial charge in [-0.15, -0.1) is 0 Å². The molecule has 0 unspecified atom stereocenters. The van der Waals surface area contributed by atoms with Gasteiger partial charge in [0.25, 0.3) is 0 Å². The number of pyridine rings is 1. The predicted molar refractivity (Wildman–Crippen MR) is 137 cm³/mol. The van der Waals surface area contributed by atoms with Crippen molar-refractivity contribution >= 4 is 16.9 Å². The highest BCUT2D eigenvalue weighted by atomic mass is 19.1. The standard InChI is InChI=1S/C27H32F2N6O2/c1-17-14-30-9-12-35(17)25-18-13-20(29)23(22-19(28)5-4-6-21(22)36)31-24(18)32-26(33-25)37-16-27(7-8-27)15-34-10-2-3-11-34/h4-6,13,17,30,36H,2-3,7-12,14-16H2,1H3/t17-/m1/s1. The number of nitrogens with zero attached hydrogens (tertiary/aromatic N) is 5. The number of phenolic OH excluding ortho intramolecular Hbond substituents is 1. The summed E-state index contributed by atoms with van der Waals surface area (Å²) in [6.45, 7) is 8.09. The average molecular weight is 511 g/mol. The van der Waals surface area contributed by atoms with E-state index in [4.69, 9.17) is 9.72 Å². The van der Waals surface area contributed by atoms with Crippen LogP contribution < -0.4 is 15.0 Å². The monoisotopic (exact) mass is 510 g/mol. The van der Waals surface area contributed by atoms with Crippen molar-refractivity contribution in [3.63, 3.8) is 0 Å². The molecule has 1 atom stereocenters. The van der Waals surface area contributed by atoms with Crippen molar-refractivity contribution in [2.24, 2.45) is 5.41 Å². The first kappa shape index (κ1) is 24.2. The Kier molecular flexibility index (Phi) is 6.32. The van der Waals surface area contributed by atoms with Gasteiger partial charge < -0.3 is 25.0 Å². The minimum absolute atomic E-state index is 0.114. The molecule has 4 heterocycles. The minimum atomic E-state index is -0.759. The molecule has 2 aromatic heterocycles. The van der Waals surface area contributed by atoms with Gasteiger partial charge >= 0.3 is 6.01 Å². The van der Waals surface area contributed by atoms with Gasteiger partial charge in [-0.3, -0.25) is 0 Å². The maximum Gasteiger partial charge on any atom is 0.320 e. The highest BCUT2D eigenvalue weighted by molar-refractivity contribution is 5.90. The Hall–Kier alpha value is -3.11. The third-order valence-corrected chi connectivity index (χ3v) is 7.82. The fourth-order valence-electron chi connectivity index (χ4n) is 5.51. The molecule has 2 saturated heterocycles. The van der Waals surface area contributed by atoms with Crippen molar-refractivity contribution in [2.75, 3.05) is 50.8 Å². The Balaban J connectivity index is 1.39. The third-order valence-electron chi connectivity index (χ3n) is 7.82. The predicted octanol–water partition coefficient (Wildman–Crippen LogP) is 3.73. The van der Waals surface area contributed by atoms with Crippen LogP contribution in [-0.4, -0.2) is 76.9 Å². The second-order valence-corrected chi connectivity index (χ2v) is 10.7. The number of hydrogen-bond acceptors (Lipinski definition) is 8. The number of rotatable bonds is 7. The lowest BCUT2D eigenvalue weighted by Gasteiger charge is -2.35. The number of ether oxygens (including phenoxy) is 1. The van der Waals surface area contributed by atoms with E-state index in [1.165, 1.54) is 31.0 Å². The summed E-state index contributed by atoms with van der Waals surface area (Å²) in [6.07, 6.45) is 4.72. The molecule has 1 saturated carbocycles. The number of piperazine rings is 1. The molecule has 2 N–H and O–H groups in total. The largest absolute Gasteiger partial charge is 0.507 e. The quantitative estimate of drug-likeness (QED) is 0.497. The van der Waals surface area contributed by atoms with E-state index in [9.17, 15) is 9.50 Å². The molecule has 37 heavy (non-hydrogen) atoms. The average Bonchev–Trinajstić information content (AvgIpc) is 3.45. The van der Waals surface area contributed by atoms with E-state index in [2.05, 4.69) is 32.0 Å². The molecule has 8 nitrogen and oxygen atoms in total. The van der Waals surface area contributed by atoms with Crippen LogP contribution in [0.15, 0.2) is 24.3 Å². The van der Waals surface area contributed by atoms with E-state index >= 15 is 4.39 Å². The zero-order chi connectivity index (χ0) is 25.6. The van der Waals surface area contributed by atoms with Crippen molar-refractivity contribution in [3.8, 4) is 23.0 Å². The van der Waals surface area contributed by atoms with Gasteiger partial charge in [0.2, 0.25) is 0 Å². The number of aromatic nitrogens is 3. The summed E-state index contributed by atoms with van der Waals surface area (Å²) in [5.74, 6) is -1.35. The van der Waals surface area contributed by atoms with Crippen LogP contribution in [0.1, 0.15) is 32.6 Å². The van der Waals surface area contributed by atoms with E-state index in [-0.39, 0.29) is 40.1 Å². The summed E-state index contributed by atoms with van der Waals surface area (Å²) in [4.78, 5) is 18.3. The van der Waals surface area contributed by atoms with Crippen LogP contribution in [0.5, 0.6) is 11.8 Å². The zero-order valence-electron chi connectivity index (χ0n) is 21.0. The second-order valence-electron chi connectivity index (χ2n) is 10.7. The Morgan fingerprint density at radius 1 is 1.11 bits per heavy atom. The molecule has 2 aliphatic heterocycles. The molecule has 3 aromatic rings. The van der Waals surface area contributed by atoms with Crippen molar-refractivity contribution in [1.82, 2.24) is 25.2 Å². The molecule has 1 aliphatic carbocycles. The summed E-state index contributed by atoms with van der Waals surface area (Å²) < 4.78 is 36.1. The van der Waals surface area contributed by atoms with E-state index in [1.54, 1.807) is 0 Å². The van der Waals surface area contributed by atoms with Crippen LogP contribution in [0.2, 0.25) is 0 Å². The number of anilines is 1. The highest BCUT2D eigenvalue weighted by Crippen LogP contribution is 2.47. The number of halogens is 2. The smallest absolute Gasteiger partial charge is 0.320 e. The van der Waals surface area contributed by atoms with E-state index < -0.39 is 11.6 Å². The SMILES string of the molecule is C[C@@H]1CNCCN1c1nc(OCC2(CN3CCCC3)CC2)nc2nc(-c3c(O)cccc3F)c(F)cc12. The van der Waals surface area contributed by atoms with E-state index in [0.717, 1.165) is 51.6 Å². The van der Waals surface area contributed by atoms with Gasteiger partial charge in [-0.05, 0) is 63.9 Å². The van der Waals surface area contributed by atoms with Gasteiger partial charge in [0, 0.05) is 37.6 Å². The summed E-state index contributed by atoms with van der Waals surface area (Å²) in [5, 5.41) is 14.0. The molecular formula is C27H32F2N6O2. The third kappa shape index (κ3) is 4.80. The Labute approximate surface area is 214 Å². The molecular weight excluding hydrogens is 478 g/mol. The molecule has 0 bridgehead atoms. The van der Waals surface area contributed by atoms with Gasteiger partial charge in [-0.2, -0.15) is 9.97 Å². The van der Waals surface area contributed by atoms with Gasteiger partial charge in [-0.1, -0.05) is 6.07 Å². The topological polar surface area (TPSA) is 86.6 Å². The Morgan fingerprint density at radius 3 is 2.65 bits per heavy atom. The second kappa shape index (κ2) is 9.64. The first-order valence-corrected chi connectivity index (χ1v) is 13.1. The maximum atomic E-state index is 15.4. The summed E-state index contributed by atoms with van der Waals surface area (Å²) >= 11 is 0. The Morgan fingerprint density at radius 2 is 1.92 bits per heavy atom.